The lowest BCUT2D eigenvalue weighted by Gasteiger charge is -2.02. The van der Waals surface area contributed by atoms with E-state index in [2.05, 4.69) is 19.4 Å². The Labute approximate surface area is 62.6 Å². The van der Waals surface area contributed by atoms with Crippen molar-refractivity contribution in [3.8, 4) is 12.3 Å². The monoisotopic (exact) mass is 132 g/mol. The van der Waals surface area contributed by atoms with Crippen molar-refractivity contribution in [3.05, 3.63) is 23.3 Å². The molecule has 0 aromatic rings. The highest BCUT2D eigenvalue weighted by Crippen LogP contribution is 2.38. The number of rotatable bonds is 2. The van der Waals surface area contributed by atoms with Crippen molar-refractivity contribution in [2.45, 2.75) is 20.3 Å². The van der Waals surface area contributed by atoms with Crippen LogP contribution in [0.1, 0.15) is 20.3 Å². The van der Waals surface area contributed by atoms with E-state index in [0.717, 1.165) is 12.0 Å². The van der Waals surface area contributed by atoms with Gasteiger partial charge in [-0.1, -0.05) is 18.1 Å². The Morgan fingerprint density at radius 1 is 1.80 bits per heavy atom. The molecule has 1 rings (SSSR count). The molecular formula is C10H12. The topological polar surface area (TPSA) is 0 Å². The van der Waals surface area contributed by atoms with Crippen molar-refractivity contribution in [1.82, 2.24) is 0 Å². The second-order valence-electron chi connectivity index (χ2n) is 2.85. The van der Waals surface area contributed by atoms with Gasteiger partial charge in [0.1, 0.15) is 0 Å². The molecule has 0 saturated carbocycles. The van der Waals surface area contributed by atoms with Crippen LogP contribution in [0.5, 0.6) is 0 Å². The van der Waals surface area contributed by atoms with Gasteiger partial charge in [0.05, 0.1) is 0 Å². The summed E-state index contributed by atoms with van der Waals surface area (Å²) in [5.41, 5.74) is 3.98. The van der Waals surface area contributed by atoms with Gasteiger partial charge in [-0.3, -0.25) is 0 Å². The fraction of sp³-hybridized carbons (Fsp3) is 0.400. The fourth-order valence-corrected chi connectivity index (χ4v) is 0.971. The highest BCUT2D eigenvalue weighted by molar-refractivity contribution is 5.50. The predicted octanol–water partition coefficient (Wildman–Crippen LogP) is 2.53. The molecule has 0 nitrogen and oxygen atoms in total. The molecule has 1 aliphatic rings. The van der Waals surface area contributed by atoms with Crippen LogP contribution in [0.15, 0.2) is 23.3 Å². The zero-order valence-electron chi connectivity index (χ0n) is 6.57. The Morgan fingerprint density at radius 2 is 2.30 bits per heavy atom. The summed E-state index contributed by atoms with van der Waals surface area (Å²) in [4.78, 5) is 0. The van der Waals surface area contributed by atoms with Crippen LogP contribution in [0.3, 0.4) is 0 Å². The standard InChI is InChI=1S/C10H12/c1-5-7(2)9(4)10-6-8(10)3/h1,7H,4,6H2,2-3H3. The Bertz CT molecular complexity index is 235. The second-order valence-corrected chi connectivity index (χ2v) is 2.85. The maximum Gasteiger partial charge on any atom is 0.0418 e. The second kappa shape index (κ2) is 2.34. The molecule has 0 amide bonds. The predicted molar refractivity (Wildman–Crippen MR) is 44.5 cm³/mol. The first-order chi connectivity index (χ1) is 4.66. The molecule has 0 fully saturated rings. The zero-order chi connectivity index (χ0) is 7.72. The van der Waals surface area contributed by atoms with Gasteiger partial charge in [0, 0.05) is 5.92 Å². The minimum absolute atomic E-state index is 0.215. The molecule has 10 heavy (non-hydrogen) atoms. The molecule has 1 atom stereocenters. The van der Waals surface area contributed by atoms with Crippen LogP contribution in [0.4, 0.5) is 0 Å². The van der Waals surface area contributed by atoms with Crippen LogP contribution < -0.4 is 0 Å². The molecule has 1 aliphatic carbocycles. The van der Waals surface area contributed by atoms with Crippen LogP contribution in [0.25, 0.3) is 0 Å². The lowest BCUT2D eigenvalue weighted by molar-refractivity contribution is 0.922. The summed E-state index contributed by atoms with van der Waals surface area (Å²) < 4.78 is 0. The van der Waals surface area contributed by atoms with Crippen molar-refractivity contribution in [2.24, 2.45) is 5.92 Å². The average Bonchev–Trinajstić information content (AvgIpc) is 2.63. The molecule has 0 aromatic carbocycles. The molecular weight excluding hydrogens is 120 g/mol. The van der Waals surface area contributed by atoms with Crippen LogP contribution in [0.2, 0.25) is 0 Å². The van der Waals surface area contributed by atoms with Crippen molar-refractivity contribution in [3.63, 3.8) is 0 Å². The largest absolute Gasteiger partial charge is 0.119 e. The summed E-state index contributed by atoms with van der Waals surface area (Å²) in [5, 5.41) is 0. The van der Waals surface area contributed by atoms with Crippen LogP contribution in [-0.4, -0.2) is 0 Å². The molecule has 0 bridgehead atoms. The third-order valence-electron chi connectivity index (χ3n) is 1.99. The molecule has 0 aromatic heterocycles. The van der Waals surface area contributed by atoms with Crippen molar-refractivity contribution in [2.75, 3.05) is 0 Å². The van der Waals surface area contributed by atoms with Crippen LogP contribution in [0, 0.1) is 18.3 Å². The van der Waals surface area contributed by atoms with Crippen molar-refractivity contribution < 1.29 is 0 Å². The quantitative estimate of drug-likeness (QED) is 0.506. The third-order valence-corrected chi connectivity index (χ3v) is 1.99. The smallest absolute Gasteiger partial charge is 0.0418 e. The molecule has 0 heterocycles. The molecule has 1 unspecified atom stereocenters. The van der Waals surface area contributed by atoms with E-state index >= 15 is 0 Å². The molecule has 52 valence electrons. The van der Waals surface area contributed by atoms with Crippen molar-refractivity contribution >= 4 is 0 Å². The van der Waals surface area contributed by atoms with E-state index in [4.69, 9.17) is 6.42 Å². The van der Waals surface area contributed by atoms with E-state index in [-0.39, 0.29) is 5.92 Å². The lowest BCUT2D eigenvalue weighted by Crippen LogP contribution is -1.91. The summed E-state index contributed by atoms with van der Waals surface area (Å²) >= 11 is 0. The summed E-state index contributed by atoms with van der Waals surface area (Å²) in [6, 6.07) is 0. The summed E-state index contributed by atoms with van der Waals surface area (Å²) in [7, 11) is 0. The summed E-state index contributed by atoms with van der Waals surface area (Å²) in [6.07, 6.45) is 6.38. The first-order valence-electron chi connectivity index (χ1n) is 3.50. The molecule has 0 saturated heterocycles. The maximum atomic E-state index is 5.25. The normalized spacial score (nSPS) is 18.1. The van der Waals surface area contributed by atoms with Gasteiger partial charge >= 0.3 is 0 Å². The minimum Gasteiger partial charge on any atom is -0.119 e. The Hall–Kier alpha value is -0.960. The number of allylic oxidation sites excluding steroid dienone is 3. The number of terminal acetylenes is 1. The Morgan fingerprint density at radius 3 is 2.60 bits per heavy atom. The fourth-order valence-electron chi connectivity index (χ4n) is 0.971. The summed E-state index contributed by atoms with van der Waals surface area (Å²) in [5.74, 6) is 2.89. The molecule has 0 N–H and O–H groups in total. The van der Waals surface area contributed by atoms with Crippen LogP contribution >= 0.6 is 0 Å². The van der Waals surface area contributed by atoms with E-state index < -0.39 is 0 Å². The van der Waals surface area contributed by atoms with E-state index in [0.29, 0.717) is 0 Å². The van der Waals surface area contributed by atoms with Gasteiger partial charge in [-0.2, -0.15) is 0 Å². The molecule has 0 radical (unpaired) electrons. The Balaban J connectivity index is 2.62. The van der Waals surface area contributed by atoms with Crippen molar-refractivity contribution in [1.29, 1.82) is 0 Å². The SMILES string of the molecule is C#CC(C)C(=C)C1=C(C)C1. The number of hydrogen-bond acceptors (Lipinski definition) is 0. The van der Waals surface area contributed by atoms with Gasteiger partial charge in [-0.15, -0.1) is 6.42 Å². The van der Waals surface area contributed by atoms with Gasteiger partial charge in [-0.05, 0) is 31.4 Å². The van der Waals surface area contributed by atoms with E-state index in [1.807, 2.05) is 6.92 Å². The van der Waals surface area contributed by atoms with Crippen LogP contribution in [-0.2, 0) is 0 Å². The average molecular weight is 132 g/mol. The third kappa shape index (κ3) is 1.14. The first-order valence-corrected chi connectivity index (χ1v) is 3.50. The van der Waals surface area contributed by atoms with E-state index in [1.165, 1.54) is 11.1 Å². The van der Waals surface area contributed by atoms with Gasteiger partial charge < -0.3 is 0 Å². The van der Waals surface area contributed by atoms with Gasteiger partial charge in [-0.25, -0.2) is 0 Å². The van der Waals surface area contributed by atoms with E-state index in [9.17, 15) is 0 Å². The van der Waals surface area contributed by atoms with Gasteiger partial charge in [0.15, 0.2) is 0 Å². The lowest BCUT2D eigenvalue weighted by atomic mass is 10.0. The Kier molecular flexibility index (Phi) is 1.68. The summed E-state index contributed by atoms with van der Waals surface area (Å²) in [6.45, 7) is 8.08. The molecule has 0 spiro atoms. The first kappa shape index (κ1) is 7.15. The molecule has 0 heteroatoms. The van der Waals surface area contributed by atoms with Gasteiger partial charge in [0.25, 0.3) is 0 Å². The minimum atomic E-state index is 0.215. The van der Waals surface area contributed by atoms with Gasteiger partial charge in [0.2, 0.25) is 0 Å². The maximum absolute atomic E-state index is 5.25. The highest BCUT2D eigenvalue weighted by Gasteiger charge is 2.21. The van der Waals surface area contributed by atoms with E-state index in [1.54, 1.807) is 0 Å². The zero-order valence-corrected chi connectivity index (χ0v) is 6.57. The highest BCUT2D eigenvalue weighted by atomic mass is 14.3. The molecule has 0 aliphatic heterocycles. The number of hydrogen-bond donors (Lipinski definition) is 0.